The highest BCUT2D eigenvalue weighted by molar-refractivity contribution is 7.89. The van der Waals surface area contributed by atoms with E-state index >= 15 is 0 Å². The van der Waals surface area contributed by atoms with Crippen molar-refractivity contribution in [3.8, 4) is 23.0 Å². The van der Waals surface area contributed by atoms with Gasteiger partial charge in [0.25, 0.3) is 10.0 Å². The first-order valence-corrected chi connectivity index (χ1v) is 16.3. The molecule has 44 heavy (non-hydrogen) atoms. The second-order valence-electron chi connectivity index (χ2n) is 11.1. The lowest BCUT2D eigenvalue weighted by molar-refractivity contribution is 0.148. The van der Waals surface area contributed by atoms with Crippen molar-refractivity contribution in [2.24, 2.45) is 0 Å². The van der Waals surface area contributed by atoms with Crippen LogP contribution < -0.4 is 5.32 Å². The van der Waals surface area contributed by atoms with Crippen molar-refractivity contribution in [1.82, 2.24) is 38.8 Å². The van der Waals surface area contributed by atoms with E-state index in [1.165, 1.54) is 22.8 Å². The van der Waals surface area contributed by atoms with Crippen molar-refractivity contribution in [3.63, 3.8) is 0 Å². The zero-order chi connectivity index (χ0) is 30.7. The predicted molar refractivity (Wildman–Crippen MR) is 167 cm³/mol. The molecule has 2 saturated heterocycles. The molecule has 4 aromatic rings. The number of hydrogen-bond donors (Lipinski definition) is 1. The van der Waals surface area contributed by atoms with Gasteiger partial charge in [0.15, 0.2) is 5.03 Å². The summed E-state index contributed by atoms with van der Waals surface area (Å²) in [7, 11) is -1.50. The van der Waals surface area contributed by atoms with Crippen molar-refractivity contribution < 1.29 is 8.42 Å². The average Bonchev–Trinajstić information content (AvgIpc) is 3.53. The molecule has 3 aromatic heterocycles. The molecule has 228 valence electrons. The van der Waals surface area contributed by atoms with Crippen molar-refractivity contribution in [2.75, 3.05) is 51.6 Å². The van der Waals surface area contributed by atoms with Gasteiger partial charge in [0, 0.05) is 69.8 Å². The van der Waals surface area contributed by atoms with Gasteiger partial charge in [-0.2, -0.15) is 14.7 Å². The fraction of sp³-hybridized carbons (Fsp3) is 0.367. The van der Waals surface area contributed by atoms with Crippen LogP contribution in [0.3, 0.4) is 0 Å². The third-order valence-electron chi connectivity index (χ3n) is 8.06. The van der Waals surface area contributed by atoms with Gasteiger partial charge in [-0.05, 0) is 49.7 Å². The first kappa shape index (κ1) is 30.1. The highest BCUT2D eigenvalue weighted by Gasteiger charge is 2.30. The lowest BCUT2D eigenvalue weighted by Crippen LogP contribution is -2.43. The lowest BCUT2D eigenvalue weighted by atomic mass is 10.1. The predicted octanol–water partition coefficient (Wildman–Crippen LogP) is 3.26. The summed E-state index contributed by atoms with van der Waals surface area (Å²) in [5.41, 5.74) is 3.31. The average molecular weight is 633 g/mol. The molecule has 0 unspecified atom stereocenters. The van der Waals surface area contributed by atoms with E-state index in [0.29, 0.717) is 53.7 Å². The third kappa shape index (κ3) is 6.59. The Morgan fingerprint density at radius 1 is 1.05 bits per heavy atom. The van der Waals surface area contributed by atoms with Gasteiger partial charge in [0.1, 0.15) is 6.07 Å². The summed E-state index contributed by atoms with van der Waals surface area (Å²) < 4.78 is 29.0. The molecule has 0 aliphatic carbocycles. The van der Waals surface area contributed by atoms with Gasteiger partial charge in [-0.15, -0.1) is 0 Å². The van der Waals surface area contributed by atoms with Crippen LogP contribution in [0.2, 0.25) is 5.02 Å². The van der Waals surface area contributed by atoms with E-state index in [2.05, 4.69) is 54.4 Å². The number of sulfonamides is 1. The molecule has 14 heteroatoms. The number of piperazine rings is 1. The number of nitrogens with zero attached hydrogens (tertiary/aromatic N) is 9. The van der Waals surface area contributed by atoms with Gasteiger partial charge in [-0.3, -0.25) is 4.90 Å². The van der Waals surface area contributed by atoms with Crippen LogP contribution in [0.5, 0.6) is 0 Å². The lowest BCUT2D eigenvalue weighted by Gasteiger charge is -2.32. The van der Waals surface area contributed by atoms with Gasteiger partial charge in [-0.1, -0.05) is 23.7 Å². The van der Waals surface area contributed by atoms with Gasteiger partial charge in [0.2, 0.25) is 5.95 Å². The molecule has 0 bridgehead atoms. The monoisotopic (exact) mass is 632 g/mol. The minimum atomic E-state index is -3.64. The molecule has 1 aromatic carbocycles. The van der Waals surface area contributed by atoms with Crippen molar-refractivity contribution >= 4 is 27.6 Å². The van der Waals surface area contributed by atoms with Gasteiger partial charge in [0.05, 0.1) is 34.4 Å². The Labute approximate surface area is 262 Å². The molecule has 2 aliphatic rings. The molecule has 0 atom stereocenters. The Bertz CT molecular complexity index is 1760. The van der Waals surface area contributed by atoms with Crippen molar-refractivity contribution in [3.05, 3.63) is 77.3 Å². The Morgan fingerprint density at radius 2 is 1.84 bits per heavy atom. The molecule has 2 fully saturated rings. The van der Waals surface area contributed by atoms with Gasteiger partial charge < -0.3 is 10.2 Å². The quantitative estimate of drug-likeness (QED) is 0.308. The minimum Gasteiger partial charge on any atom is -0.351 e. The maximum absolute atomic E-state index is 12.9. The molecular formula is C30H33ClN10O2S. The number of aromatic nitrogens is 5. The number of benzene rings is 1. The summed E-state index contributed by atoms with van der Waals surface area (Å²) in [5.74, 6) is 0.365. The van der Waals surface area contributed by atoms with Crippen LogP contribution in [0.15, 0.2) is 66.2 Å². The second kappa shape index (κ2) is 13.0. The first-order valence-electron chi connectivity index (χ1n) is 14.5. The zero-order valence-electron chi connectivity index (χ0n) is 24.3. The number of hydrogen-bond acceptors (Lipinski definition) is 10. The number of pyridine rings is 1. The van der Waals surface area contributed by atoms with E-state index in [1.807, 2.05) is 12.1 Å². The number of anilines is 1. The Kier molecular flexibility index (Phi) is 8.88. The van der Waals surface area contributed by atoms with E-state index < -0.39 is 10.0 Å². The third-order valence-corrected chi connectivity index (χ3v) is 10.2. The van der Waals surface area contributed by atoms with Crippen LogP contribution in [0.4, 0.5) is 5.95 Å². The molecule has 0 spiro atoms. The van der Waals surface area contributed by atoms with Crippen molar-refractivity contribution in [1.29, 1.82) is 5.26 Å². The smallest absolute Gasteiger partial charge is 0.260 e. The molecule has 12 nitrogen and oxygen atoms in total. The van der Waals surface area contributed by atoms with Gasteiger partial charge in [-0.25, -0.2) is 28.1 Å². The number of rotatable bonds is 8. The molecule has 0 radical (unpaired) electrons. The molecule has 1 N–H and O–H groups in total. The van der Waals surface area contributed by atoms with Crippen LogP contribution in [-0.2, 0) is 16.6 Å². The highest BCUT2D eigenvalue weighted by atomic mass is 35.5. The number of piperidine rings is 1. The summed E-state index contributed by atoms with van der Waals surface area (Å²) in [6.45, 7) is 5.72. The van der Waals surface area contributed by atoms with Gasteiger partial charge >= 0.3 is 0 Å². The molecule has 2 aliphatic heterocycles. The van der Waals surface area contributed by atoms with E-state index in [-0.39, 0.29) is 11.1 Å². The fourth-order valence-corrected chi connectivity index (χ4v) is 7.17. The first-order chi connectivity index (χ1) is 21.3. The normalized spacial score (nSPS) is 17.4. The largest absolute Gasteiger partial charge is 0.351 e. The summed E-state index contributed by atoms with van der Waals surface area (Å²) in [4.78, 5) is 17.8. The standard InChI is InChI=1S/C30H33ClN10O2S/c1-38-12-14-39(15-13-38)20-22-5-6-27(26(31)16-22)41-21-24(19-35-41)29-23(17-32)18-34-30(37-29)36-25-7-10-40(11-8-25)44(42,43)28-4-2-3-9-33-28/h2-6,9,16,18-19,21,25H,7-8,10-15,20H2,1H3,(H,34,36,37). The Morgan fingerprint density at radius 3 is 2.55 bits per heavy atom. The molecule has 0 saturated carbocycles. The van der Waals surface area contributed by atoms with Crippen LogP contribution in [0, 0.1) is 11.3 Å². The van der Waals surface area contributed by atoms with Crippen LogP contribution in [0.1, 0.15) is 24.0 Å². The highest BCUT2D eigenvalue weighted by Crippen LogP contribution is 2.27. The van der Waals surface area contributed by atoms with E-state index in [9.17, 15) is 13.7 Å². The number of nitriles is 1. The van der Waals surface area contributed by atoms with E-state index in [4.69, 9.17) is 11.6 Å². The maximum atomic E-state index is 12.9. The number of nitrogens with one attached hydrogen (secondary N) is 1. The fourth-order valence-electron chi connectivity index (χ4n) is 5.48. The van der Waals surface area contributed by atoms with E-state index in [0.717, 1.165) is 44.0 Å². The van der Waals surface area contributed by atoms with Crippen LogP contribution in [-0.4, -0.2) is 99.6 Å². The molecule has 5 heterocycles. The molecule has 0 amide bonds. The minimum absolute atomic E-state index is 0.0307. The summed E-state index contributed by atoms with van der Waals surface area (Å²) in [5, 5.41) is 18.2. The number of likely N-dealkylation sites (N-methyl/N-ethyl adjacent to an activating group) is 1. The van der Waals surface area contributed by atoms with E-state index in [1.54, 1.807) is 29.2 Å². The Hall–Kier alpha value is -3.93. The topological polar surface area (TPSA) is 136 Å². The maximum Gasteiger partial charge on any atom is 0.260 e. The molecule has 6 rings (SSSR count). The molecular weight excluding hydrogens is 600 g/mol. The second-order valence-corrected chi connectivity index (χ2v) is 13.4. The summed E-state index contributed by atoms with van der Waals surface area (Å²) in [6.07, 6.45) is 7.57. The van der Waals surface area contributed by atoms with Crippen LogP contribution >= 0.6 is 11.6 Å². The van der Waals surface area contributed by atoms with Crippen molar-refractivity contribution in [2.45, 2.75) is 30.5 Å². The summed E-state index contributed by atoms with van der Waals surface area (Å²) >= 11 is 6.71. The summed E-state index contributed by atoms with van der Waals surface area (Å²) in [6, 6.07) is 13.0. The SMILES string of the molecule is CN1CCN(Cc2ccc(-n3cc(-c4nc(NC5CCN(S(=O)(=O)c6ccccn6)CC5)ncc4C#N)cn3)c(Cl)c2)CC1. The Balaban J connectivity index is 1.13. The zero-order valence-corrected chi connectivity index (χ0v) is 25.9. The van der Waals surface area contributed by atoms with Crippen LogP contribution in [0.25, 0.3) is 16.9 Å². The number of halogens is 1.